The van der Waals surface area contributed by atoms with Crippen molar-refractivity contribution in [2.24, 2.45) is 5.41 Å². The fraction of sp³-hybridized carbons (Fsp3) is 0.500. The van der Waals surface area contributed by atoms with Crippen LogP contribution in [0.5, 0.6) is 5.75 Å². The molecule has 3 heteroatoms. The molecule has 0 radical (unpaired) electrons. The van der Waals surface area contributed by atoms with Crippen LogP contribution in [0.25, 0.3) is 0 Å². The molecule has 1 saturated heterocycles. The molecular formula is C12H16BrNO. The Bertz CT molecular complexity index is 336. The number of hydrogen-bond acceptors (Lipinski definition) is 2. The van der Waals surface area contributed by atoms with Crippen molar-refractivity contribution in [1.29, 1.82) is 0 Å². The first-order chi connectivity index (χ1) is 7.18. The minimum atomic E-state index is 0.450. The largest absolute Gasteiger partial charge is 0.494 e. The summed E-state index contributed by atoms with van der Waals surface area (Å²) >= 11 is 3.43. The Morgan fingerprint density at radius 3 is 2.87 bits per heavy atom. The minimum absolute atomic E-state index is 0.450. The SMILES string of the molecule is CC1(CCOc2cccc(Br)c2)CNC1. The van der Waals surface area contributed by atoms with Crippen LogP contribution in [-0.4, -0.2) is 19.7 Å². The van der Waals surface area contributed by atoms with E-state index in [0.717, 1.165) is 36.3 Å². The van der Waals surface area contributed by atoms with E-state index in [1.54, 1.807) is 0 Å². The fourth-order valence-corrected chi connectivity index (χ4v) is 2.08. The second-order valence-electron chi connectivity index (χ2n) is 4.47. The number of nitrogens with one attached hydrogen (secondary N) is 1. The Labute approximate surface area is 99.1 Å². The average molecular weight is 270 g/mol. The van der Waals surface area contributed by atoms with Crippen molar-refractivity contribution in [1.82, 2.24) is 5.32 Å². The van der Waals surface area contributed by atoms with Crippen LogP contribution < -0.4 is 10.1 Å². The van der Waals surface area contributed by atoms with Crippen molar-refractivity contribution >= 4 is 15.9 Å². The highest BCUT2D eigenvalue weighted by atomic mass is 79.9. The predicted octanol–water partition coefficient (Wildman–Crippen LogP) is 2.83. The van der Waals surface area contributed by atoms with Gasteiger partial charge in [-0.25, -0.2) is 0 Å². The van der Waals surface area contributed by atoms with Crippen molar-refractivity contribution in [3.05, 3.63) is 28.7 Å². The van der Waals surface area contributed by atoms with Crippen LogP contribution in [0.2, 0.25) is 0 Å². The third-order valence-corrected chi connectivity index (χ3v) is 3.37. The van der Waals surface area contributed by atoms with Gasteiger partial charge in [0.15, 0.2) is 0 Å². The quantitative estimate of drug-likeness (QED) is 0.908. The van der Waals surface area contributed by atoms with Crippen molar-refractivity contribution < 1.29 is 4.74 Å². The fourth-order valence-electron chi connectivity index (χ4n) is 1.70. The molecule has 1 aliphatic heterocycles. The lowest BCUT2D eigenvalue weighted by atomic mass is 9.81. The zero-order valence-electron chi connectivity index (χ0n) is 8.92. The normalized spacial score (nSPS) is 18.3. The zero-order valence-corrected chi connectivity index (χ0v) is 10.5. The molecule has 15 heavy (non-hydrogen) atoms. The molecule has 0 aromatic heterocycles. The molecule has 0 atom stereocenters. The van der Waals surface area contributed by atoms with Gasteiger partial charge in [-0.15, -0.1) is 0 Å². The molecular weight excluding hydrogens is 254 g/mol. The molecule has 0 spiro atoms. The van der Waals surface area contributed by atoms with Crippen LogP contribution in [0.4, 0.5) is 0 Å². The van der Waals surface area contributed by atoms with Gasteiger partial charge in [-0.05, 0) is 30.0 Å². The van der Waals surface area contributed by atoms with Gasteiger partial charge in [-0.1, -0.05) is 28.9 Å². The van der Waals surface area contributed by atoms with Gasteiger partial charge in [-0.2, -0.15) is 0 Å². The van der Waals surface area contributed by atoms with Gasteiger partial charge in [0.05, 0.1) is 6.61 Å². The van der Waals surface area contributed by atoms with Crippen molar-refractivity contribution in [2.45, 2.75) is 13.3 Å². The molecule has 2 rings (SSSR count). The molecule has 1 aliphatic rings. The molecule has 0 unspecified atom stereocenters. The van der Waals surface area contributed by atoms with E-state index in [4.69, 9.17) is 4.74 Å². The summed E-state index contributed by atoms with van der Waals surface area (Å²) in [5.41, 5.74) is 0.450. The summed E-state index contributed by atoms with van der Waals surface area (Å²) in [7, 11) is 0. The van der Waals surface area contributed by atoms with Crippen LogP contribution >= 0.6 is 15.9 Å². The Balaban J connectivity index is 1.78. The zero-order chi connectivity index (χ0) is 10.7. The Morgan fingerprint density at radius 1 is 1.47 bits per heavy atom. The summed E-state index contributed by atoms with van der Waals surface area (Å²) in [4.78, 5) is 0. The summed E-state index contributed by atoms with van der Waals surface area (Å²) in [6.45, 7) is 5.34. The average Bonchev–Trinajstić information content (AvgIpc) is 2.15. The van der Waals surface area contributed by atoms with E-state index in [-0.39, 0.29) is 0 Å². The number of halogens is 1. The third-order valence-electron chi connectivity index (χ3n) is 2.87. The Morgan fingerprint density at radius 2 is 2.27 bits per heavy atom. The lowest BCUT2D eigenvalue weighted by Crippen LogP contribution is -2.51. The number of benzene rings is 1. The molecule has 1 heterocycles. The van der Waals surface area contributed by atoms with E-state index in [1.165, 1.54) is 0 Å². The lowest BCUT2D eigenvalue weighted by Gasteiger charge is -2.39. The first kappa shape index (κ1) is 11.0. The van der Waals surface area contributed by atoms with Gasteiger partial charge < -0.3 is 10.1 Å². The molecule has 2 nitrogen and oxygen atoms in total. The molecule has 0 bridgehead atoms. The van der Waals surface area contributed by atoms with Gasteiger partial charge in [0.2, 0.25) is 0 Å². The molecule has 0 amide bonds. The molecule has 1 fully saturated rings. The summed E-state index contributed by atoms with van der Waals surface area (Å²) in [6.07, 6.45) is 1.12. The van der Waals surface area contributed by atoms with Crippen LogP contribution in [-0.2, 0) is 0 Å². The highest BCUT2D eigenvalue weighted by Gasteiger charge is 2.30. The summed E-state index contributed by atoms with van der Waals surface area (Å²) in [6, 6.07) is 7.99. The number of rotatable bonds is 4. The highest BCUT2D eigenvalue weighted by molar-refractivity contribution is 9.10. The van der Waals surface area contributed by atoms with Gasteiger partial charge in [-0.3, -0.25) is 0 Å². The van der Waals surface area contributed by atoms with E-state index >= 15 is 0 Å². The molecule has 1 aromatic rings. The maximum absolute atomic E-state index is 5.70. The van der Waals surface area contributed by atoms with Crippen molar-refractivity contribution in [2.75, 3.05) is 19.7 Å². The van der Waals surface area contributed by atoms with Crippen LogP contribution in [0, 0.1) is 5.41 Å². The highest BCUT2D eigenvalue weighted by Crippen LogP contribution is 2.26. The van der Waals surface area contributed by atoms with E-state index in [1.807, 2.05) is 24.3 Å². The summed E-state index contributed by atoms with van der Waals surface area (Å²) < 4.78 is 6.77. The lowest BCUT2D eigenvalue weighted by molar-refractivity contribution is 0.142. The van der Waals surface area contributed by atoms with Gasteiger partial charge in [0.25, 0.3) is 0 Å². The topological polar surface area (TPSA) is 21.3 Å². The number of hydrogen-bond donors (Lipinski definition) is 1. The summed E-state index contributed by atoms with van der Waals surface area (Å²) in [5, 5.41) is 3.30. The third kappa shape index (κ3) is 2.95. The summed E-state index contributed by atoms with van der Waals surface area (Å²) in [5.74, 6) is 0.945. The van der Waals surface area contributed by atoms with Gasteiger partial charge in [0, 0.05) is 17.6 Å². The predicted molar refractivity (Wildman–Crippen MR) is 65.2 cm³/mol. The molecule has 0 saturated carbocycles. The molecule has 82 valence electrons. The van der Waals surface area contributed by atoms with Crippen molar-refractivity contribution in [3.63, 3.8) is 0 Å². The smallest absolute Gasteiger partial charge is 0.120 e. The van der Waals surface area contributed by atoms with Gasteiger partial charge in [0.1, 0.15) is 5.75 Å². The number of ether oxygens (including phenoxy) is 1. The first-order valence-electron chi connectivity index (χ1n) is 5.27. The van der Waals surface area contributed by atoms with E-state index < -0.39 is 0 Å². The maximum atomic E-state index is 5.70. The van der Waals surface area contributed by atoms with Crippen molar-refractivity contribution in [3.8, 4) is 5.75 Å². The standard InChI is InChI=1S/C12H16BrNO/c1-12(8-14-9-12)5-6-15-11-4-2-3-10(13)7-11/h2-4,7,14H,5-6,8-9H2,1H3. The molecule has 1 N–H and O–H groups in total. The Kier molecular flexibility index (Phi) is 3.32. The first-order valence-corrected chi connectivity index (χ1v) is 6.06. The molecule has 1 aromatic carbocycles. The van der Waals surface area contributed by atoms with Crippen LogP contribution in [0.3, 0.4) is 0 Å². The monoisotopic (exact) mass is 269 g/mol. The minimum Gasteiger partial charge on any atom is -0.494 e. The van der Waals surface area contributed by atoms with E-state index in [0.29, 0.717) is 5.41 Å². The maximum Gasteiger partial charge on any atom is 0.120 e. The van der Waals surface area contributed by atoms with Crippen LogP contribution in [0.1, 0.15) is 13.3 Å². The second-order valence-corrected chi connectivity index (χ2v) is 5.39. The Hall–Kier alpha value is -0.540. The van der Waals surface area contributed by atoms with E-state index in [9.17, 15) is 0 Å². The second kappa shape index (κ2) is 4.54. The van der Waals surface area contributed by atoms with Crippen LogP contribution in [0.15, 0.2) is 28.7 Å². The van der Waals surface area contributed by atoms with E-state index in [2.05, 4.69) is 28.2 Å². The molecule has 0 aliphatic carbocycles. The van der Waals surface area contributed by atoms with Gasteiger partial charge >= 0.3 is 0 Å².